The molecule has 1 rings (SSSR count). The van der Waals surface area contributed by atoms with Crippen molar-refractivity contribution in [2.45, 2.75) is 27.2 Å². The van der Waals surface area contributed by atoms with Gasteiger partial charge in [-0.25, -0.2) is 4.98 Å². The van der Waals surface area contributed by atoms with Gasteiger partial charge in [0.15, 0.2) is 0 Å². The van der Waals surface area contributed by atoms with Crippen LogP contribution in [0, 0.1) is 6.92 Å². The molecule has 0 aliphatic carbocycles. The molecule has 0 saturated heterocycles. The molecule has 0 aromatic carbocycles. The first-order chi connectivity index (χ1) is 6.19. The second kappa shape index (κ2) is 4.07. The summed E-state index contributed by atoms with van der Waals surface area (Å²) in [6.45, 7) is 6.49. The fraction of sp³-hybridized carbons (Fsp3) is 0.556. The van der Waals surface area contributed by atoms with Gasteiger partial charge in [-0.05, 0) is 20.3 Å². The number of hydrogen-bond acceptors (Lipinski definition) is 4. The van der Waals surface area contributed by atoms with E-state index in [0.717, 1.165) is 17.7 Å². The highest BCUT2D eigenvalue weighted by atomic mass is 16.5. The Bertz CT molecular complexity index is 299. The summed E-state index contributed by atoms with van der Waals surface area (Å²) >= 11 is 0. The zero-order valence-corrected chi connectivity index (χ0v) is 8.29. The molecule has 0 saturated carbocycles. The van der Waals surface area contributed by atoms with E-state index < -0.39 is 0 Å². The highest BCUT2D eigenvalue weighted by Gasteiger charge is 2.08. The maximum atomic E-state index is 5.51. The lowest BCUT2D eigenvalue weighted by atomic mass is 10.2. The van der Waals surface area contributed by atoms with Gasteiger partial charge in [0.05, 0.1) is 6.61 Å². The Morgan fingerprint density at radius 2 is 2.00 bits per heavy atom. The van der Waals surface area contributed by atoms with Gasteiger partial charge >= 0.3 is 0 Å². The van der Waals surface area contributed by atoms with Crippen LogP contribution in [0.2, 0.25) is 0 Å². The van der Waals surface area contributed by atoms with E-state index in [2.05, 4.69) is 9.97 Å². The number of hydrogen-bond donors (Lipinski definition) is 1. The highest BCUT2D eigenvalue weighted by Crippen LogP contribution is 2.19. The van der Waals surface area contributed by atoms with Gasteiger partial charge in [0.1, 0.15) is 0 Å². The molecule has 0 bridgehead atoms. The molecule has 1 heterocycles. The first-order valence-corrected chi connectivity index (χ1v) is 4.44. The van der Waals surface area contributed by atoms with E-state index in [9.17, 15) is 0 Å². The van der Waals surface area contributed by atoms with Crippen LogP contribution < -0.4 is 10.5 Å². The van der Waals surface area contributed by atoms with Gasteiger partial charge in [-0.15, -0.1) is 0 Å². The van der Waals surface area contributed by atoms with Crippen molar-refractivity contribution in [2.24, 2.45) is 0 Å². The Morgan fingerprint density at radius 1 is 1.31 bits per heavy atom. The van der Waals surface area contributed by atoms with Crippen molar-refractivity contribution in [1.82, 2.24) is 9.97 Å². The van der Waals surface area contributed by atoms with Gasteiger partial charge in [-0.2, -0.15) is 4.98 Å². The maximum absolute atomic E-state index is 5.51. The third kappa shape index (κ3) is 2.08. The molecule has 72 valence electrons. The SMILES string of the molecule is CCOc1nc(N)nc(C)c1CC. The largest absolute Gasteiger partial charge is 0.478 e. The van der Waals surface area contributed by atoms with Crippen LogP contribution in [0.15, 0.2) is 0 Å². The lowest BCUT2D eigenvalue weighted by molar-refractivity contribution is 0.322. The van der Waals surface area contributed by atoms with Crippen LogP contribution in [0.3, 0.4) is 0 Å². The molecular weight excluding hydrogens is 166 g/mol. The Morgan fingerprint density at radius 3 is 2.54 bits per heavy atom. The van der Waals surface area contributed by atoms with Crippen LogP contribution in [-0.2, 0) is 6.42 Å². The minimum absolute atomic E-state index is 0.276. The van der Waals surface area contributed by atoms with Gasteiger partial charge in [0, 0.05) is 11.3 Å². The lowest BCUT2D eigenvalue weighted by Gasteiger charge is -2.09. The number of aromatic nitrogens is 2. The van der Waals surface area contributed by atoms with Gasteiger partial charge in [0.2, 0.25) is 11.8 Å². The number of nitrogens with zero attached hydrogens (tertiary/aromatic N) is 2. The molecule has 1 aromatic rings. The molecule has 0 aliphatic heterocycles. The van der Waals surface area contributed by atoms with Crippen molar-refractivity contribution in [3.05, 3.63) is 11.3 Å². The number of aryl methyl sites for hydroxylation is 1. The van der Waals surface area contributed by atoms with E-state index >= 15 is 0 Å². The average Bonchev–Trinajstić information content (AvgIpc) is 2.04. The van der Waals surface area contributed by atoms with Gasteiger partial charge in [-0.1, -0.05) is 6.92 Å². The summed E-state index contributed by atoms with van der Waals surface area (Å²) in [7, 11) is 0. The summed E-state index contributed by atoms with van der Waals surface area (Å²) in [6.07, 6.45) is 0.863. The molecule has 0 spiro atoms. The van der Waals surface area contributed by atoms with Crippen LogP contribution >= 0.6 is 0 Å². The van der Waals surface area contributed by atoms with Crippen LogP contribution in [-0.4, -0.2) is 16.6 Å². The molecule has 0 fully saturated rings. The van der Waals surface area contributed by atoms with Crippen molar-refractivity contribution in [2.75, 3.05) is 12.3 Å². The van der Waals surface area contributed by atoms with E-state index in [1.54, 1.807) is 0 Å². The van der Waals surface area contributed by atoms with E-state index in [4.69, 9.17) is 10.5 Å². The molecule has 0 amide bonds. The maximum Gasteiger partial charge on any atom is 0.223 e. The second-order valence-corrected chi connectivity index (χ2v) is 2.74. The van der Waals surface area contributed by atoms with E-state index in [-0.39, 0.29) is 5.95 Å². The van der Waals surface area contributed by atoms with Crippen LogP contribution in [0.25, 0.3) is 0 Å². The molecule has 1 aromatic heterocycles. The zero-order valence-electron chi connectivity index (χ0n) is 8.29. The van der Waals surface area contributed by atoms with Crippen molar-refractivity contribution in [3.8, 4) is 5.88 Å². The molecular formula is C9H15N3O. The minimum Gasteiger partial charge on any atom is -0.478 e. The molecule has 0 aliphatic rings. The monoisotopic (exact) mass is 181 g/mol. The molecule has 0 unspecified atom stereocenters. The number of rotatable bonds is 3. The lowest BCUT2D eigenvalue weighted by Crippen LogP contribution is -2.06. The fourth-order valence-corrected chi connectivity index (χ4v) is 1.25. The molecule has 0 atom stereocenters. The predicted molar refractivity (Wildman–Crippen MR) is 51.7 cm³/mol. The minimum atomic E-state index is 0.276. The predicted octanol–water partition coefficient (Wildman–Crippen LogP) is 1.33. The van der Waals surface area contributed by atoms with Crippen LogP contribution in [0.4, 0.5) is 5.95 Å². The quantitative estimate of drug-likeness (QED) is 0.764. The van der Waals surface area contributed by atoms with E-state index in [1.165, 1.54) is 0 Å². The molecule has 4 heteroatoms. The van der Waals surface area contributed by atoms with Crippen molar-refractivity contribution in [1.29, 1.82) is 0 Å². The summed E-state index contributed by atoms with van der Waals surface area (Å²) in [6, 6.07) is 0. The Balaban J connectivity index is 3.13. The third-order valence-electron chi connectivity index (χ3n) is 1.83. The van der Waals surface area contributed by atoms with Gasteiger partial charge in [-0.3, -0.25) is 0 Å². The van der Waals surface area contributed by atoms with Gasteiger partial charge in [0.25, 0.3) is 0 Å². The van der Waals surface area contributed by atoms with Crippen molar-refractivity contribution >= 4 is 5.95 Å². The fourth-order valence-electron chi connectivity index (χ4n) is 1.25. The normalized spacial score (nSPS) is 10.1. The summed E-state index contributed by atoms with van der Waals surface area (Å²) in [4.78, 5) is 8.11. The van der Waals surface area contributed by atoms with Gasteiger partial charge < -0.3 is 10.5 Å². The molecule has 0 radical (unpaired) electrons. The molecule has 4 nitrogen and oxygen atoms in total. The summed E-state index contributed by atoms with van der Waals surface area (Å²) in [5, 5.41) is 0. The topological polar surface area (TPSA) is 61.0 Å². The van der Waals surface area contributed by atoms with Crippen LogP contribution in [0.1, 0.15) is 25.1 Å². The average molecular weight is 181 g/mol. The van der Waals surface area contributed by atoms with E-state index in [0.29, 0.717) is 12.5 Å². The summed E-state index contributed by atoms with van der Waals surface area (Å²) in [5.74, 6) is 0.896. The number of nitrogens with two attached hydrogens (primary N) is 1. The van der Waals surface area contributed by atoms with E-state index in [1.807, 2.05) is 20.8 Å². The van der Waals surface area contributed by atoms with Crippen LogP contribution in [0.5, 0.6) is 5.88 Å². The number of anilines is 1. The zero-order chi connectivity index (χ0) is 9.84. The third-order valence-corrected chi connectivity index (χ3v) is 1.83. The first-order valence-electron chi connectivity index (χ1n) is 4.44. The second-order valence-electron chi connectivity index (χ2n) is 2.74. The standard InChI is InChI=1S/C9H15N3O/c1-4-7-6(3)11-9(10)12-8(7)13-5-2/h4-5H2,1-3H3,(H2,10,11,12). The summed E-state index contributed by atoms with van der Waals surface area (Å²) in [5.41, 5.74) is 7.45. The molecule has 2 N–H and O–H groups in total. The first kappa shape index (κ1) is 9.77. The number of nitrogen functional groups attached to an aromatic ring is 1. The Hall–Kier alpha value is -1.32. The molecule has 13 heavy (non-hydrogen) atoms. The van der Waals surface area contributed by atoms with Crippen molar-refractivity contribution in [3.63, 3.8) is 0 Å². The number of ether oxygens (including phenoxy) is 1. The summed E-state index contributed by atoms with van der Waals surface area (Å²) < 4.78 is 5.36. The Labute approximate surface area is 78.1 Å². The Kier molecular flexibility index (Phi) is 3.06. The highest BCUT2D eigenvalue weighted by molar-refractivity contribution is 5.35. The smallest absolute Gasteiger partial charge is 0.223 e. The van der Waals surface area contributed by atoms with Crippen molar-refractivity contribution < 1.29 is 4.74 Å².